The van der Waals surface area contributed by atoms with E-state index < -0.39 is 0 Å². The third-order valence-corrected chi connectivity index (χ3v) is 4.13. The van der Waals surface area contributed by atoms with Crippen LogP contribution in [0.5, 0.6) is 0 Å². The smallest absolute Gasteiger partial charge is 0.277 e. The summed E-state index contributed by atoms with van der Waals surface area (Å²) in [6, 6.07) is 15.0. The lowest BCUT2D eigenvalue weighted by Crippen LogP contribution is -2.22. The molecule has 0 atom stereocenters. The lowest BCUT2D eigenvalue weighted by molar-refractivity contribution is -0.116. The van der Waals surface area contributed by atoms with Crippen molar-refractivity contribution in [2.45, 2.75) is 6.92 Å². The summed E-state index contributed by atoms with van der Waals surface area (Å²) in [5.74, 6) is 0.0193. The van der Waals surface area contributed by atoms with Gasteiger partial charge in [-0.05, 0) is 42.0 Å². The fraction of sp³-hybridized carbons (Fsp3) is 0.0500. The van der Waals surface area contributed by atoms with Crippen molar-refractivity contribution in [3.63, 3.8) is 0 Å². The molecule has 0 fully saturated rings. The minimum atomic E-state index is -0.279. The van der Waals surface area contributed by atoms with E-state index in [0.717, 1.165) is 16.9 Å². The molecule has 7 nitrogen and oxygen atoms in total. The van der Waals surface area contributed by atoms with Crippen LogP contribution in [0.15, 0.2) is 71.0 Å². The second-order valence-electron chi connectivity index (χ2n) is 6.12. The summed E-state index contributed by atoms with van der Waals surface area (Å²) >= 11 is 0. The molecule has 2 amide bonds. The zero-order valence-corrected chi connectivity index (χ0v) is 14.5. The van der Waals surface area contributed by atoms with Gasteiger partial charge in [-0.3, -0.25) is 9.59 Å². The molecule has 2 aromatic rings. The first-order valence-corrected chi connectivity index (χ1v) is 8.41. The molecule has 0 aliphatic carbocycles. The average molecular weight is 359 g/mol. The van der Waals surface area contributed by atoms with E-state index in [9.17, 15) is 9.59 Å². The van der Waals surface area contributed by atoms with Gasteiger partial charge in [0.2, 0.25) is 5.91 Å². The Labute approximate surface area is 155 Å². The molecule has 134 valence electrons. The summed E-state index contributed by atoms with van der Waals surface area (Å²) < 4.78 is 0. The Bertz CT molecular complexity index is 1020. The number of hydrogen-bond donors (Lipinski definition) is 4. The number of carbonyl (C=O) groups excluding carboxylic acids is 2. The number of amidine groups is 1. The van der Waals surface area contributed by atoms with Gasteiger partial charge in [0, 0.05) is 24.0 Å². The summed E-state index contributed by atoms with van der Waals surface area (Å²) in [6.07, 6.45) is 3.82. The molecule has 2 aliphatic heterocycles. The van der Waals surface area contributed by atoms with Gasteiger partial charge in [0.1, 0.15) is 5.57 Å². The molecular weight excluding hydrogens is 342 g/mol. The molecule has 2 aliphatic rings. The average Bonchev–Trinajstić information content (AvgIpc) is 3.02. The molecule has 7 heteroatoms. The molecule has 0 unspecified atom stereocenters. The van der Waals surface area contributed by atoms with E-state index >= 15 is 0 Å². The molecule has 0 bridgehead atoms. The summed E-state index contributed by atoms with van der Waals surface area (Å²) in [7, 11) is 0. The van der Waals surface area contributed by atoms with Gasteiger partial charge >= 0.3 is 0 Å². The molecule has 0 saturated carbocycles. The number of rotatable bonds is 2. The second kappa shape index (κ2) is 6.80. The molecule has 0 aromatic heterocycles. The number of nitrogens with one attached hydrogen (secondary N) is 4. The number of para-hydroxylation sites is 1. The Morgan fingerprint density at radius 1 is 1.00 bits per heavy atom. The van der Waals surface area contributed by atoms with Gasteiger partial charge in [0.15, 0.2) is 5.84 Å². The van der Waals surface area contributed by atoms with Gasteiger partial charge in [-0.25, -0.2) is 5.43 Å². The fourth-order valence-electron chi connectivity index (χ4n) is 2.91. The highest BCUT2D eigenvalue weighted by atomic mass is 16.2. The highest BCUT2D eigenvalue weighted by Gasteiger charge is 2.27. The highest BCUT2D eigenvalue weighted by Crippen LogP contribution is 2.27. The third-order valence-electron chi connectivity index (χ3n) is 4.13. The van der Waals surface area contributed by atoms with Crippen LogP contribution in [-0.2, 0) is 9.59 Å². The predicted molar refractivity (Wildman–Crippen MR) is 106 cm³/mol. The van der Waals surface area contributed by atoms with Crippen molar-refractivity contribution in [3.05, 3.63) is 71.4 Å². The van der Waals surface area contributed by atoms with Crippen LogP contribution in [0.25, 0.3) is 6.08 Å². The number of amides is 2. The Balaban J connectivity index is 1.58. The SMILES string of the molecule is CC(=O)Nc1ccc(NC2=NNC(=O)/C2=C2/C=Cc3ccccc3N2)cc1. The number of fused-ring (bicyclic) bond motifs is 1. The highest BCUT2D eigenvalue weighted by molar-refractivity contribution is 6.29. The molecule has 0 saturated heterocycles. The molecule has 0 spiro atoms. The zero-order chi connectivity index (χ0) is 18.8. The van der Waals surface area contributed by atoms with Crippen molar-refractivity contribution >= 4 is 40.8 Å². The van der Waals surface area contributed by atoms with Crippen molar-refractivity contribution in [2.24, 2.45) is 5.10 Å². The lowest BCUT2D eigenvalue weighted by atomic mass is 10.0. The van der Waals surface area contributed by atoms with Crippen LogP contribution in [0.4, 0.5) is 17.1 Å². The van der Waals surface area contributed by atoms with Gasteiger partial charge in [-0.1, -0.05) is 24.3 Å². The molecular formula is C20H17N5O2. The molecule has 27 heavy (non-hydrogen) atoms. The van der Waals surface area contributed by atoms with Crippen LogP contribution >= 0.6 is 0 Å². The van der Waals surface area contributed by atoms with Crippen molar-refractivity contribution in [3.8, 4) is 0 Å². The number of allylic oxidation sites excluding steroid dienone is 1. The van der Waals surface area contributed by atoms with Crippen molar-refractivity contribution < 1.29 is 9.59 Å². The second-order valence-corrected chi connectivity index (χ2v) is 6.12. The maximum absolute atomic E-state index is 12.3. The summed E-state index contributed by atoms with van der Waals surface area (Å²) in [5.41, 5.74) is 7.04. The standard InChI is InChI=1S/C20H17N5O2/c1-12(26)21-14-7-9-15(10-8-14)22-19-18(20(27)25-24-19)17-11-6-13-4-2-3-5-16(13)23-17/h2-11,23H,1H3,(H,21,26)(H,22,24)(H,25,27)/b18-17-. The number of hydrazone groups is 1. The van der Waals surface area contributed by atoms with Gasteiger partial charge in [-0.2, -0.15) is 5.10 Å². The first-order chi connectivity index (χ1) is 13.1. The monoisotopic (exact) mass is 359 g/mol. The largest absolute Gasteiger partial charge is 0.354 e. The van der Waals surface area contributed by atoms with E-state index in [1.165, 1.54) is 6.92 Å². The van der Waals surface area contributed by atoms with Gasteiger partial charge in [-0.15, -0.1) is 0 Å². The maximum Gasteiger partial charge on any atom is 0.277 e. The minimum absolute atomic E-state index is 0.131. The van der Waals surface area contributed by atoms with Gasteiger partial charge in [0.25, 0.3) is 5.91 Å². The Morgan fingerprint density at radius 3 is 2.52 bits per heavy atom. The predicted octanol–water partition coefficient (Wildman–Crippen LogP) is 2.89. The number of hydrogen-bond acceptors (Lipinski definition) is 5. The Morgan fingerprint density at radius 2 is 1.74 bits per heavy atom. The van der Waals surface area contributed by atoms with E-state index in [4.69, 9.17) is 0 Å². The van der Waals surface area contributed by atoms with Crippen LogP contribution in [0, 0.1) is 0 Å². The van der Waals surface area contributed by atoms with Crippen molar-refractivity contribution in [2.75, 3.05) is 16.0 Å². The quantitative estimate of drug-likeness (QED) is 0.620. The zero-order valence-electron chi connectivity index (χ0n) is 14.5. The number of anilines is 3. The van der Waals surface area contributed by atoms with E-state index in [1.807, 2.05) is 36.4 Å². The van der Waals surface area contributed by atoms with Crippen molar-refractivity contribution in [1.29, 1.82) is 0 Å². The minimum Gasteiger partial charge on any atom is -0.354 e. The van der Waals surface area contributed by atoms with Crippen LogP contribution in [0.1, 0.15) is 12.5 Å². The van der Waals surface area contributed by atoms with Crippen LogP contribution in [0.2, 0.25) is 0 Å². The first-order valence-electron chi connectivity index (χ1n) is 8.41. The van der Waals surface area contributed by atoms with Crippen LogP contribution < -0.4 is 21.4 Å². The first kappa shape index (κ1) is 16.6. The summed E-state index contributed by atoms with van der Waals surface area (Å²) in [4.78, 5) is 23.4. The van der Waals surface area contributed by atoms with Crippen LogP contribution in [0.3, 0.4) is 0 Å². The third kappa shape index (κ3) is 3.43. The van der Waals surface area contributed by atoms with Crippen LogP contribution in [-0.4, -0.2) is 17.6 Å². The normalized spacial score (nSPS) is 17.5. The summed E-state index contributed by atoms with van der Waals surface area (Å²) in [6.45, 7) is 1.46. The van der Waals surface area contributed by atoms with E-state index in [0.29, 0.717) is 22.8 Å². The van der Waals surface area contributed by atoms with E-state index in [-0.39, 0.29) is 11.8 Å². The molecule has 2 aromatic carbocycles. The van der Waals surface area contributed by atoms with Crippen molar-refractivity contribution in [1.82, 2.24) is 5.43 Å². The number of benzene rings is 2. The maximum atomic E-state index is 12.3. The van der Waals surface area contributed by atoms with E-state index in [2.05, 4.69) is 26.5 Å². The molecule has 4 N–H and O–H groups in total. The number of carbonyl (C=O) groups is 2. The van der Waals surface area contributed by atoms with Gasteiger partial charge < -0.3 is 16.0 Å². The number of nitrogens with zero attached hydrogens (tertiary/aromatic N) is 1. The van der Waals surface area contributed by atoms with E-state index in [1.54, 1.807) is 24.3 Å². The lowest BCUT2D eigenvalue weighted by Gasteiger charge is -2.17. The molecule has 2 heterocycles. The fourth-order valence-corrected chi connectivity index (χ4v) is 2.91. The topological polar surface area (TPSA) is 94.6 Å². The Kier molecular flexibility index (Phi) is 4.18. The summed E-state index contributed by atoms with van der Waals surface area (Å²) in [5, 5.41) is 13.2. The Hall–Kier alpha value is -3.87. The molecule has 0 radical (unpaired) electrons. The van der Waals surface area contributed by atoms with Gasteiger partial charge in [0.05, 0.1) is 5.70 Å². The molecule has 4 rings (SSSR count).